The van der Waals surface area contributed by atoms with Crippen LogP contribution in [0.1, 0.15) is 11.1 Å². The first-order valence-corrected chi connectivity index (χ1v) is 7.95. The summed E-state index contributed by atoms with van der Waals surface area (Å²) in [7, 11) is 0. The Morgan fingerprint density at radius 1 is 1.38 bits per heavy atom. The molecule has 1 unspecified atom stereocenters. The van der Waals surface area contributed by atoms with E-state index in [9.17, 15) is 10.1 Å². The van der Waals surface area contributed by atoms with Crippen LogP contribution in [0.5, 0.6) is 0 Å². The summed E-state index contributed by atoms with van der Waals surface area (Å²) >= 11 is 11.1. The van der Waals surface area contributed by atoms with Crippen molar-refractivity contribution in [1.82, 2.24) is 5.43 Å². The van der Waals surface area contributed by atoms with Gasteiger partial charge in [-0.15, -0.1) is 0 Å². The molecule has 1 aliphatic heterocycles. The minimum absolute atomic E-state index is 0.0156. The SMILES string of the molecule is Cc1ccc([N+](=O)[O-])c(C2=NNC(C=S)N2c2cccc(Cl)c2)c1. The van der Waals surface area contributed by atoms with Gasteiger partial charge in [0.15, 0.2) is 12.0 Å². The molecule has 24 heavy (non-hydrogen) atoms. The van der Waals surface area contributed by atoms with Crippen molar-refractivity contribution < 1.29 is 4.92 Å². The number of nitro benzene ring substituents is 1. The highest BCUT2D eigenvalue weighted by molar-refractivity contribution is 7.79. The highest BCUT2D eigenvalue weighted by Crippen LogP contribution is 2.29. The van der Waals surface area contributed by atoms with Crippen LogP contribution in [-0.4, -0.2) is 22.3 Å². The summed E-state index contributed by atoms with van der Waals surface area (Å²) < 4.78 is 0. The lowest BCUT2D eigenvalue weighted by atomic mass is 10.1. The maximum Gasteiger partial charge on any atom is 0.280 e. The van der Waals surface area contributed by atoms with Crippen LogP contribution in [0, 0.1) is 17.0 Å². The molecule has 2 aromatic carbocycles. The van der Waals surface area contributed by atoms with Gasteiger partial charge in [-0.05, 0) is 36.8 Å². The lowest BCUT2D eigenvalue weighted by molar-refractivity contribution is -0.385. The molecule has 0 spiro atoms. The second-order valence-electron chi connectivity index (χ2n) is 5.27. The molecular formula is C16H13ClN4O2S. The van der Waals surface area contributed by atoms with Crippen molar-refractivity contribution >= 4 is 46.4 Å². The lowest BCUT2D eigenvalue weighted by Crippen LogP contribution is -2.41. The van der Waals surface area contributed by atoms with Crippen LogP contribution < -0.4 is 10.3 Å². The largest absolute Gasteiger partial charge is 0.298 e. The molecule has 122 valence electrons. The number of thiocarbonyl (C=S) groups is 1. The van der Waals surface area contributed by atoms with Crippen molar-refractivity contribution in [2.24, 2.45) is 5.10 Å². The van der Waals surface area contributed by atoms with Crippen LogP contribution in [0.15, 0.2) is 47.6 Å². The molecule has 0 aromatic heterocycles. The molecule has 3 rings (SSSR count). The number of aryl methyl sites for hydroxylation is 1. The van der Waals surface area contributed by atoms with E-state index in [4.69, 9.17) is 23.8 Å². The van der Waals surface area contributed by atoms with Crippen LogP contribution in [0.25, 0.3) is 0 Å². The summed E-state index contributed by atoms with van der Waals surface area (Å²) in [5, 5.41) is 17.7. The molecule has 1 aliphatic rings. The summed E-state index contributed by atoms with van der Waals surface area (Å²) in [6, 6.07) is 12.1. The normalized spacial score (nSPS) is 16.5. The maximum atomic E-state index is 11.4. The third kappa shape index (κ3) is 2.95. The first-order chi connectivity index (χ1) is 11.5. The highest BCUT2D eigenvalue weighted by atomic mass is 35.5. The average Bonchev–Trinajstić information content (AvgIpc) is 2.98. The zero-order valence-electron chi connectivity index (χ0n) is 12.6. The van der Waals surface area contributed by atoms with Crippen molar-refractivity contribution in [2.75, 3.05) is 4.90 Å². The van der Waals surface area contributed by atoms with Gasteiger partial charge >= 0.3 is 0 Å². The Labute approximate surface area is 148 Å². The number of rotatable bonds is 4. The number of anilines is 1. The van der Waals surface area contributed by atoms with E-state index < -0.39 is 11.1 Å². The van der Waals surface area contributed by atoms with E-state index in [1.165, 1.54) is 11.4 Å². The van der Waals surface area contributed by atoms with E-state index >= 15 is 0 Å². The second kappa shape index (κ2) is 6.54. The van der Waals surface area contributed by atoms with Crippen molar-refractivity contribution in [2.45, 2.75) is 13.1 Å². The molecule has 0 saturated heterocycles. The fourth-order valence-corrected chi connectivity index (χ4v) is 2.92. The fourth-order valence-electron chi connectivity index (χ4n) is 2.55. The smallest absolute Gasteiger partial charge is 0.280 e. The first-order valence-electron chi connectivity index (χ1n) is 7.10. The Balaban J connectivity index is 2.15. The molecule has 0 saturated carbocycles. The van der Waals surface area contributed by atoms with E-state index in [1.54, 1.807) is 35.2 Å². The number of nitrogens with zero attached hydrogens (tertiary/aromatic N) is 3. The van der Waals surface area contributed by atoms with Crippen LogP contribution in [0.2, 0.25) is 5.02 Å². The van der Waals surface area contributed by atoms with Crippen molar-refractivity contribution in [1.29, 1.82) is 0 Å². The van der Waals surface area contributed by atoms with E-state index in [2.05, 4.69) is 10.5 Å². The number of amidine groups is 1. The zero-order chi connectivity index (χ0) is 17.3. The summed E-state index contributed by atoms with van der Waals surface area (Å²) in [5.74, 6) is 0.429. The number of halogens is 1. The van der Waals surface area contributed by atoms with Crippen LogP contribution in [0.3, 0.4) is 0 Å². The number of nitro groups is 1. The molecule has 0 radical (unpaired) electrons. The van der Waals surface area contributed by atoms with Gasteiger partial charge in [0.05, 0.1) is 10.5 Å². The molecule has 0 fully saturated rings. The van der Waals surface area contributed by atoms with Gasteiger partial charge in [-0.25, -0.2) is 0 Å². The number of nitrogens with one attached hydrogen (secondary N) is 1. The molecule has 1 heterocycles. The second-order valence-corrected chi connectivity index (χ2v) is 5.98. The molecule has 0 bridgehead atoms. The molecule has 6 nitrogen and oxygen atoms in total. The third-order valence-corrected chi connectivity index (χ3v) is 4.11. The van der Waals surface area contributed by atoms with Gasteiger partial charge in [-0.2, -0.15) is 5.10 Å². The minimum Gasteiger partial charge on any atom is -0.298 e. The van der Waals surface area contributed by atoms with Gasteiger partial charge in [0.2, 0.25) is 0 Å². The van der Waals surface area contributed by atoms with Gasteiger partial charge < -0.3 is 0 Å². The highest BCUT2D eigenvalue weighted by Gasteiger charge is 2.32. The fraction of sp³-hybridized carbons (Fsp3) is 0.125. The Morgan fingerprint density at radius 2 is 2.17 bits per heavy atom. The Bertz CT molecular complexity index is 856. The molecule has 0 amide bonds. The molecule has 0 aliphatic carbocycles. The summed E-state index contributed by atoms with van der Waals surface area (Å²) in [4.78, 5) is 12.8. The molecule has 1 N–H and O–H groups in total. The van der Waals surface area contributed by atoms with Gasteiger partial charge in [-0.3, -0.25) is 20.4 Å². The number of hydrogen-bond donors (Lipinski definition) is 1. The zero-order valence-corrected chi connectivity index (χ0v) is 14.2. The van der Waals surface area contributed by atoms with Crippen molar-refractivity contribution in [3.05, 3.63) is 68.7 Å². The predicted molar refractivity (Wildman–Crippen MR) is 98.9 cm³/mol. The topological polar surface area (TPSA) is 70.8 Å². The molecular weight excluding hydrogens is 348 g/mol. The van der Waals surface area contributed by atoms with E-state index in [1.807, 2.05) is 13.0 Å². The predicted octanol–water partition coefficient (Wildman–Crippen LogP) is 3.65. The Kier molecular flexibility index (Phi) is 4.46. The van der Waals surface area contributed by atoms with Crippen molar-refractivity contribution in [3.8, 4) is 0 Å². The van der Waals surface area contributed by atoms with Gasteiger partial charge in [-0.1, -0.05) is 36.0 Å². The average molecular weight is 361 g/mol. The first kappa shape index (κ1) is 16.4. The van der Waals surface area contributed by atoms with Gasteiger partial charge in [0.1, 0.15) is 0 Å². The summed E-state index contributed by atoms with van der Waals surface area (Å²) in [6.07, 6.45) is -0.395. The van der Waals surface area contributed by atoms with Crippen LogP contribution in [0.4, 0.5) is 11.4 Å². The molecule has 1 atom stereocenters. The van der Waals surface area contributed by atoms with Gasteiger partial charge in [0, 0.05) is 22.1 Å². The lowest BCUT2D eigenvalue weighted by Gasteiger charge is -2.24. The maximum absolute atomic E-state index is 11.4. The van der Waals surface area contributed by atoms with Crippen LogP contribution in [-0.2, 0) is 0 Å². The number of hydrogen-bond acceptors (Lipinski definition) is 6. The van der Waals surface area contributed by atoms with Gasteiger partial charge in [0.25, 0.3) is 5.69 Å². The standard InChI is InChI=1S/C16H13ClN4O2S/c1-10-5-6-14(21(22)23)13(7-10)16-19-18-15(9-24)20(16)12-4-2-3-11(17)8-12/h2-9,15,18H,1H3. The third-order valence-electron chi connectivity index (χ3n) is 3.61. The van der Waals surface area contributed by atoms with Crippen LogP contribution >= 0.6 is 23.8 Å². The minimum atomic E-state index is -0.418. The van der Waals surface area contributed by atoms with E-state index in [-0.39, 0.29) is 5.69 Å². The van der Waals surface area contributed by atoms with E-state index in [0.29, 0.717) is 16.4 Å². The molecule has 2 aromatic rings. The number of hydrazone groups is 1. The van der Waals surface area contributed by atoms with E-state index in [0.717, 1.165) is 11.3 Å². The summed E-state index contributed by atoms with van der Waals surface area (Å²) in [5.41, 5.74) is 4.95. The quantitative estimate of drug-likeness (QED) is 0.512. The molecule has 8 heteroatoms. The number of benzene rings is 2. The Morgan fingerprint density at radius 3 is 2.83 bits per heavy atom. The Hall–Kier alpha value is -2.51. The summed E-state index contributed by atoms with van der Waals surface area (Å²) in [6.45, 7) is 1.87. The van der Waals surface area contributed by atoms with Crippen molar-refractivity contribution in [3.63, 3.8) is 0 Å². The monoisotopic (exact) mass is 360 g/mol.